The number of fused-ring (bicyclic) bond motifs is 1. The standard InChI is InChI=1S/C15H10F3N3O/c16-15(17,18)14(22)21-12-3-1-2-9(7-12)11-6-10-4-5-19-13(10)20-8-11/h1-8H,(H,19,20)(H,21,22). The van der Waals surface area contributed by atoms with Crippen LogP contribution in [0.1, 0.15) is 0 Å². The molecule has 0 atom stereocenters. The molecule has 0 bridgehead atoms. The summed E-state index contributed by atoms with van der Waals surface area (Å²) in [6, 6.07) is 9.89. The highest BCUT2D eigenvalue weighted by Crippen LogP contribution is 2.26. The summed E-state index contributed by atoms with van der Waals surface area (Å²) in [6.45, 7) is 0. The Morgan fingerprint density at radius 3 is 2.73 bits per heavy atom. The maximum Gasteiger partial charge on any atom is 0.471 e. The van der Waals surface area contributed by atoms with Crippen LogP contribution in [0.15, 0.2) is 48.8 Å². The fourth-order valence-electron chi connectivity index (χ4n) is 2.08. The maximum absolute atomic E-state index is 12.3. The molecule has 22 heavy (non-hydrogen) atoms. The van der Waals surface area contributed by atoms with Gasteiger partial charge in [-0.15, -0.1) is 0 Å². The summed E-state index contributed by atoms with van der Waals surface area (Å²) < 4.78 is 36.8. The predicted molar refractivity (Wildman–Crippen MR) is 76.2 cm³/mol. The average molecular weight is 305 g/mol. The molecule has 0 saturated heterocycles. The molecular formula is C15H10F3N3O. The molecule has 0 spiro atoms. The van der Waals surface area contributed by atoms with E-state index in [0.717, 1.165) is 16.6 Å². The fourth-order valence-corrected chi connectivity index (χ4v) is 2.08. The predicted octanol–water partition coefficient (Wildman–Crippen LogP) is 3.73. The van der Waals surface area contributed by atoms with Gasteiger partial charge in [-0.2, -0.15) is 13.2 Å². The van der Waals surface area contributed by atoms with E-state index in [4.69, 9.17) is 0 Å². The SMILES string of the molecule is O=C(Nc1cccc(-c2cnc3[nH]ccc3c2)c1)C(F)(F)F. The minimum atomic E-state index is -4.92. The minimum Gasteiger partial charge on any atom is -0.346 e. The second-order valence-electron chi connectivity index (χ2n) is 4.67. The zero-order valence-corrected chi connectivity index (χ0v) is 11.1. The molecule has 2 N–H and O–H groups in total. The van der Waals surface area contributed by atoms with Gasteiger partial charge in [-0.25, -0.2) is 4.98 Å². The molecule has 2 aromatic heterocycles. The molecule has 0 aliphatic carbocycles. The Bertz CT molecular complexity index is 839. The van der Waals surface area contributed by atoms with Gasteiger partial charge in [0.05, 0.1) is 0 Å². The molecule has 0 aliphatic heterocycles. The molecule has 1 amide bonds. The van der Waals surface area contributed by atoms with Crippen molar-refractivity contribution >= 4 is 22.6 Å². The molecule has 3 aromatic rings. The van der Waals surface area contributed by atoms with Crippen molar-refractivity contribution in [2.75, 3.05) is 5.32 Å². The van der Waals surface area contributed by atoms with Crippen LogP contribution in [0, 0.1) is 0 Å². The summed E-state index contributed by atoms with van der Waals surface area (Å²) in [7, 11) is 0. The first-order valence-corrected chi connectivity index (χ1v) is 6.35. The van der Waals surface area contributed by atoms with Crippen molar-refractivity contribution in [3.8, 4) is 11.1 Å². The topological polar surface area (TPSA) is 57.8 Å². The highest BCUT2D eigenvalue weighted by Gasteiger charge is 2.38. The van der Waals surface area contributed by atoms with E-state index in [-0.39, 0.29) is 5.69 Å². The van der Waals surface area contributed by atoms with E-state index < -0.39 is 12.1 Å². The Morgan fingerprint density at radius 2 is 1.95 bits per heavy atom. The van der Waals surface area contributed by atoms with Crippen LogP contribution in [-0.4, -0.2) is 22.1 Å². The van der Waals surface area contributed by atoms with E-state index in [1.54, 1.807) is 24.5 Å². The van der Waals surface area contributed by atoms with Crippen LogP contribution in [0.2, 0.25) is 0 Å². The van der Waals surface area contributed by atoms with Gasteiger partial charge in [-0.05, 0) is 29.8 Å². The van der Waals surface area contributed by atoms with Crippen LogP contribution in [0.4, 0.5) is 18.9 Å². The van der Waals surface area contributed by atoms with Gasteiger partial charge in [0.1, 0.15) is 5.65 Å². The second kappa shape index (κ2) is 5.18. The van der Waals surface area contributed by atoms with Crippen molar-refractivity contribution in [1.29, 1.82) is 0 Å². The minimum absolute atomic E-state index is 0.0778. The molecule has 3 rings (SSSR count). The molecule has 1 aromatic carbocycles. The Hall–Kier alpha value is -2.83. The Morgan fingerprint density at radius 1 is 1.14 bits per heavy atom. The van der Waals surface area contributed by atoms with Gasteiger partial charge >= 0.3 is 12.1 Å². The number of carbonyl (C=O) groups excluding carboxylic acids is 1. The van der Waals surface area contributed by atoms with Crippen molar-refractivity contribution in [1.82, 2.24) is 9.97 Å². The third-order valence-electron chi connectivity index (χ3n) is 3.11. The largest absolute Gasteiger partial charge is 0.471 e. The van der Waals surface area contributed by atoms with Gasteiger partial charge in [-0.1, -0.05) is 12.1 Å². The lowest BCUT2D eigenvalue weighted by Gasteiger charge is -2.09. The molecule has 0 aliphatic rings. The van der Waals surface area contributed by atoms with E-state index in [1.807, 2.05) is 17.4 Å². The van der Waals surface area contributed by atoms with Crippen LogP contribution in [0.3, 0.4) is 0 Å². The number of aromatic amines is 1. The number of hydrogen-bond acceptors (Lipinski definition) is 2. The van der Waals surface area contributed by atoms with E-state index in [9.17, 15) is 18.0 Å². The number of nitrogens with zero attached hydrogens (tertiary/aromatic N) is 1. The first-order chi connectivity index (χ1) is 10.4. The van der Waals surface area contributed by atoms with E-state index in [0.29, 0.717) is 5.56 Å². The zero-order chi connectivity index (χ0) is 15.7. The second-order valence-corrected chi connectivity index (χ2v) is 4.67. The maximum atomic E-state index is 12.3. The number of carbonyl (C=O) groups is 1. The lowest BCUT2D eigenvalue weighted by molar-refractivity contribution is -0.167. The van der Waals surface area contributed by atoms with Crippen LogP contribution in [0.5, 0.6) is 0 Å². The zero-order valence-electron chi connectivity index (χ0n) is 11.1. The smallest absolute Gasteiger partial charge is 0.346 e. The van der Waals surface area contributed by atoms with Crippen molar-refractivity contribution in [3.05, 3.63) is 48.8 Å². The Labute approximate surface area is 123 Å². The third kappa shape index (κ3) is 2.78. The number of nitrogens with one attached hydrogen (secondary N) is 2. The molecule has 112 valence electrons. The normalized spacial score (nSPS) is 11.6. The van der Waals surface area contributed by atoms with Crippen LogP contribution in [-0.2, 0) is 4.79 Å². The molecular weight excluding hydrogens is 295 g/mol. The number of halogens is 3. The van der Waals surface area contributed by atoms with Crippen LogP contribution in [0.25, 0.3) is 22.2 Å². The number of aromatic nitrogens is 2. The van der Waals surface area contributed by atoms with Gasteiger partial charge in [-0.3, -0.25) is 4.79 Å². The molecule has 4 nitrogen and oxygen atoms in total. The monoisotopic (exact) mass is 305 g/mol. The lowest BCUT2D eigenvalue weighted by atomic mass is 10.1. The number of amides is 1. The first kappa shape index (κ1) is 14.1. The summed E-state index contributed by atoms with van der Waals surface area (Å²) in [5.74, 6) is -2.00. The molecule has 7 heteroatoms. The van der Waals surface area contributed by atoms with Crippen molar-refractivity contribution in [3.63, 3.8) is 0 Å². The number of benzene rings is 1. The van der Waals surface area contributed by atoms with E-state index >= 15 is 0 Å². The number of anilines is 1. The van der Waals surface area contributed by atoms with E-state index in [1.165, 1.54) is 12.1 Å². The van der Waals surface area contributed by atoms with Gasteiger partial charge < -0.3 is 10.3 Å². The van der Waals surface area contributed by atoms with Crippen LogP contribution >= 0.6 is 0 Å². The van der Waals surface area contributed by atoms with Crippen molar-refractivity contribution in [2.45, 2.75) is 6.18 Å². The van der Waals surface area contributed by atoms with Crippen LogP contribution < -0.4 is 5.32 Å². The lowest BCUT2D eigenvalue weighted by Crippen LogP contribution is -2.29. The number of hydrogen-bond donors (Lipinski definition) is 2. The molecule has 0 fully saturated rings. The quantitative estimate of drug-likeness (QED) is 0.758. The highest BCUT2D eigenvalue weighted by atomic mass is 19.4. The highest BCUT2D eigenvalue weighted by molar-refractivity contribution is 5.95. The van der Waals surface area contributed by atoms with Crippen molar-refractivity contribution < 1.29 is 18.0 Å². The molecule has 0 radical (unpaired) electrons. The molecule has 2 heterocycles. The number of rotatable bonds is 2. The number of pyridine rings is 1. The average Bonchev–Trinajstić information content (AvgIpc) is 2.94. The summed E-state index contributed by atoms with van der Waals surface area (Å²) in [5, 5.41) is 2.72. The summed E-state index contributed by atoms with van der Waals surface area (Å²) >= 11 is 0. The third-order valence-corrected chi connectivity index (χ3v) is 3.11. The van der Waals surface area contributed by atoms with Gasteiger partial charge in [0.2, 0.25) is 0 Å². The number of alkyl halides is 3. The first-order valence-electron chi connectivity index (χ1n) is 6.35. The van der Waals surface area contributed by atoms with Gasteiger partial charge in [0.15, 0.2) is 0 Å². The molecule has 0 saturated carbocycles. The van der Waals surface area contributed by atoms with Gasteiger partial charge in [0, 0.05) is 29.0 Å². The summed E-state index contributed by atoms with van der Waals surface area (Å²) in [6.07, 6.45) is -1.55. The number of H-pyrrole nitrogens is 1. The summed E-state index contributed by atoms with van der Waals surface area (Å²) in [4.78, 5) is 18.2. The fraction of sp³-hybridized carbons (Fsp3) is 0.0667. The van der Waals surface area contributed by atoms with Gasteiger partial charge in [0.25, 0.3) is 0 Å². The molecule has 0 unspecified atom stereocenters. The Balaban J connectivity index is 1.91. The summed E-state index contributed by atoms with van der Waals surface area (Å²) in [5.41, 5.74) is 2.21. The van der Waals surface area contributed by atoms with E-state index in [2.05, 4.69) is 9.97 Å². The van der Waals surface area contributed by atoms with Crippen molar-refractivity contribution in [2.24, 2.45) is 0 Å². The Kier molecular flexibility index (Phi) is 3.32.